The first-order valence-corrected chi connectivity index (χ1v) is 7.53. The molecular weight excluding hydrogens is 290 g/mol. The van der Waals surface area contributed by atoms with Crippen molar-refractivity contribution in [2.75, 3.05) is 5.32 Å². The minimum absolute atomic E-state index is 0.0204. The molecule has 0 aliphatic carbocycles. The van der Waals surface area contributed by atoms with Crippen molar-refractivity contribution in [1.82, 2.24) is 14.8 Å². The van der Waals surface area contributed by atoms with Crippen molar-refractivity contribution < 1.29 is 4.92 Å². The second-order valence-corrected chi connectivity index (χ2v) is 6.56. The van der Waals surface area contributed by atoms with Crippen molar-refractivity contribution in [3.8, 4) is 0 Å². The predicted molar refractivity (Wildman–Crippen MR) is 82.8 cm³/mol. The largest absolute Gasteiger partial charge is 0.353 e. The molecule has 0 radical (unpaired) electrons. The van der Waals surface area contributed by atoms with Crippen LogP contribution in [0.15, 0.2) is 11.6 Å². The van der Waals surface area contributed by atoms with Crippen LogP contribution in [0.1, 0.15) is 44.4 Å². The number of hydrogen-bond acceptors (Lipinski definition) is 6. The average Bonchev–Trinajstić information content (AvgIpc) is 2.96. The van der Waals surface area contributed by atoms with Crippen LogP contribution < -0.4 is 5.32 Å². The van der Waals surface area contributed by atoms with E-state index in [1.807, 2.05) is 33.1 Å². The SMILES string of the molecule is Cc1nn(C(C)C)c(NC(C)(C)c2nccs2)c1[N+](=O)[O-]. The van der Waals surface area contributed by atoms with Gasteiger partial charge in [0.15, 0.2) is 0 Å². The Morgan fingerprint density at radius 3 is 2.62 bits per heavy atom. The van der Waals surface area contributed by atoms with Crippen molar-refractivity contribution in [1.29, 1.82) is 0 Å². The van der Waals surface area contributed by atoms with E-state index in [1.54, 1.807) is 17.8 Å². The molecular formula is C13H19N5O2S. The second kappa shape index (κ2) is 5.44. The Hall–Kier alpha value is -1.96. The van der Waals surface area contributed by atoms with Crippen LogP contribution in [-0.4, -0.2) is 19.7 Å². The first-order chi connectivity index (χ1) is 9.74. The summed E-state index contributed by atoms with van der Waals surface area (Å²) in [5, 5.41) is 21.6. The maximum absolute atomic E-state index is 11.4. The minimum Gasteiger partial charge on any atom is -0.353 e. The van der Waals surface area contributed by atoms with Crippen LogP contribution in [0.5, 0.6) is 0 Å². The third-order valence-electron chi connectivity index (χ3n) is 3.12. The average molecular weight is 309 g/mol. The van der Waals surface area contributed by atoms with Gasteiger partial charge in [-0.3, -0.25) is 10.1 Å². The van der Waals surface area contributed by atoms with E-state index in [0.29, 0.717) is 11.5 Å². The predicted octanol–water partition coefficient (Wildman–Crippen LogP) is 3.48. The zero-order valence-corrected chi connectivity index (χ0v) is 13.6. The molecule has 2 heterocycles. The molecule has 0 spiro atoms. The van der Waals surface area contributed by atoms with E-state index in [4.69, 9.17) is 0 Å². The zero-order valence-electron chi connectivity index (χ0n) is 12.7. The van der Waals surface area contributed by atoms with E-state index < -0.39 is 5.54 Å². The molecule has 2 aromatic rings. The molecule has 0 unspecified atom stereocenters. The second-order valence-electron chi connectivity index (χ2n) is 5.67. The van der Waals surface area contributed by atoms with Gasteiger partial charge in [0, 0.05) is 17.6 Å². The summed E-state index contributed by atoms with van der Waals surface area (Å²) in [7, 11) is 0. The summed E-state index contributed by atoms with van der Waals surface area (Å²) in [6.45, 7) is 9.43. The van der Waals surface area contributed by atoms with Gasteiger partial charge in [0.1, 0.15) is 10.7 Å². The number of thiazole rings is 1. The summed E-state index contributed by atoms with van der Waals surface area (Å²) >= 11 is 1.51. The van der Waals surface area contributed by atoms with Crippen molar-refractivity contribution in [2.24, 2.45) is 0 Å². The van der Waals surface area contributed by atoms with Gasteiger partial charge in [-0.1, -0.05) is 0 Å². The van der Waals surface area contributed by atoms with Crippen LogP contribution in [0.3, 0.4) is 0 Å². The minimum atomic E-state index is -0.516. The van der Waals surface area contributed by atoms with Gasteiger partial charge in [-0.15, -0.1) is 11.3 Å². The highest BCUT2D eigenvalue weighted by Gasteiger charge is 2.32. The Morgan fingerprint density at radius 2 is 2.14 bits per heavy atom. The molecule has 0 amide bonds. The van der Waals surface area contributed by atoms with Gasteiger partial charge >= 0.3 is 5.69 Å². The van der Waals surface area contributed by atoms with Crippen LogP contribution in [-0.2, 0) is 5.54 Å². The van der Waals surface area contributed by atoms with E-state index in [2.05, 4.69) is 15.4 Å². The van der Waals surface area contributed by atoms with Gasteiger partial charge in [0.25, 0.3) is 0 Å². The lowest BCUT2D eigenvalue weighted by Gasteiger charge is -2.25. The summed E-state index contributed by atoms with van der Waals surface area (Å²) in [6, 6.07) is 0.0204. The third-order valence-corrected chi connectivity index (χ3v) is 4.22. The standard InChI is InChI=1S/C13H19N5O2S/c1-8(2)17-11(10(18(19)20)9(3)16-17)15-13(4,5)12-14-6-7-21-12/h6-8,15H,1-5H3. The van der Waals surface area contributed by atoms with Crippen LogP contribution in [0, 0.1) is 17.0 Å². The molecule has 0 saturated heterocycles. The van der Waals surface area contributed by atoms with Gasteiger partial charge in [0.2, 0.25) is 5.82 Å². The van der Waals surface area contributed by atoms with E-state index in [0.717, 1.165) is 5.01 Å². The molecule has 0 atom stereocenters. The Kier molecular flexibility index (Phi) is 3.99. The van der Waals surface area contributed by atoms with Crippen molar-refractivity contribution in [2.45, 2.75) is 46.2 Å². The summed E-state index contributed by atoms with van der Waals surface area (Å²) in [6.07, 6.45) is 1.73. The van der Waals surface area contributed by atoms with Crippen LogP contribution in [0.4, 0.5) is 11.5 Å². The highest BCUT2D eigenvalue weighted by atomic mass is 32.1. The molecule has 2 rings (SSSR count). The molecule has 0 aromatic carbocycles. The fraction of sp³-hybridized carbons (Fsp3) is 0.538. The maximum Gasteiger partial charge on any atom is 0.333 e. The van der Waals surface area contributed by atoms with Crippen LogP contribution in [0.2, 0.25) is 0 Å². The lowest BCUT2D eigenvalue weighted by atomic mass is 10.1. The van der Waals surface area contributed by atoms with E-state index in [1.165, 1.54) is 11.3 Å². The van der Waals surface area contributed by atoms with E-state index in [9.17, 15) is 10.1 Å². The number of aromatic nitrogens is 3. The van der Waals surface area contributed by atoms with Gasteiger partial charge in [-0.2, -0.15) is 5.10 Å². The fourth-order valence-electron chi connectivity index (χ4n) is 2.13. The van der Waals surface area contributed by atoms with E-state index >= 15 is 0 Å². The molecule has 7 nitrogen and oxygen atoms in total. The quantitative estimate of drug-likeness (QED) is 0.675. The Morgan fingerprint density at radius 1 is 1.48 bits per heavy atom. The molecule has 0 fully saturated rings. The monoisotopic (exact) mass is 309 g/mol. The topological polar surface area (TPSA) is 85.9 Å². The van der Waals surface area contributed by atoms with Crippen LogP contribution >= 0.6 is 11.3 Å². The molecule has 0 bridgehead atoms. The number of nitrogens with zero attached hydrogens (tertiary/aromatic N) is 4. The van der Waals surface area contributed by atoms with Gasteiger partial charge < -0.3 is 5.32 Å². The number of nitrogens with one attached hydrogen (secondary N) is 1. The lowest BCUT2D eigenvalue weighted by molar-refractivity contribution is -0.384. The maximum atomic E-state index is 11.4. The summed E-state index contributed by atoms with van der Waals surface area (Å²) in [5.74, 6) is 0.424. The Bertz CT molecular complexity index is 646. The van der Waals surface area contributed by atoms with Gasteiger partial charge in [0.05, 0.1) is 10.5 Å². The van der Waals surface area contributed by atoms with Gasteiger partial charge in [-0.05, 0) is 34.6 Å². The smallest absolute Gasteiger partial charge is 0.333 e. The fourth-order valence-corrected chi connectivity index (χ4v) is 2.85. The Labute approximate surface area is 127 Å². The number of aryl methyl sites for hydroxylation is 1. The first kappa shape index (κ1) is 15.4. The van der Waals surface area contributed by atoms with E-state index in [-0.39, 0.29) is 16.7 Å². The number of rotatable bonds is 5. The molecule has 1 N–H and O–H groups in total. The Balaban J connectivity index is 2.50. The summed E-state index contributed by atoms with van der Waals surface area (Å²) in [5.41, 5.74) is -0.0858. The molecule has 0 saturated carbocycles. The zero-order chi connectivity index (χ0) is 15.8. The number of nitro groups is 1. The molecule has 2 aromatic heterocycles. The van der Waals surface area contributed by atoms with Crippen molar-refractivity contribution in [3.05, 3.63) is 32.4 Å². The highest BCUT2D eigenvalue weighted by molar-refractivity contribution is 7.09. The summed E-state index contributed by atoms with van der Waals surface area (Å²) in [4.78, 5) is 15.3. The third kappa shape index (κ3) is 2.90. The molecule has 21 heavy (non-hydrogen) atoms. The normalized spacial score (nSPS) is 11.9. The van der Waals surface area contributed by atoms with Crippen molar-refractivity contribution in [3.63, 3.8) is 0 Å². The molecule has 0 aliphatic rings. The number of anilines is 1. The number of hydrogen-bond donors (Lipinski definition) is 1. The lowest BCUT2D eigenvalue weighted by Crippen LogP contribution is -2.29. The van der Waals surface area contributed by atoms with Gasteiger partial charge in [-0.25, -0.2) is 9.67 Å². The molecule has 0 aliphatic heterocycles. The highest BCUT2D eigenvalue weighted by Crippen LogP contribution is 2.35. The van der Waals surface area contributed by atoms with Crippen LogP contribution in [0.25, 0.3) is 0 Å². The van der Waals surface area contributed by atoms with Crippen molar-refractivity contribution >= 4 is 22.8 Å². The summed E-state index contributed by atoms with van der Waals surface area (Å²) < 4.78 is 1.66. The first-order valence-electron chi connectivity index (χ1n) is 6.65. The molecule has 8 heteroatoms. The molecule has 114 valence electrons.